The molecule has 0 aromatic heterocycles. The van der Waals surface area contributed by atoms with Gasteiger partial charge in [-0.15, -0.1) is 0 Å². The molecule has 182 valence electrons. The van der Waals surface area contributed by atoms with Gasteiger partial charge in [-0.25, -0.2) is 4.79 Å². The summed E-state index contributed by atoms with van der Waals surface area (Å²) in [4.78, 5) is 13.9. The molecule has 0 spiro atoms. The summed E-state index contributed by atoms with van der Waals surface area (Å²) < 4.78 is 4.69. The quantitative estimate of drug-likeness (QED) is 0.322. The van der Waals surface area contributed by atoms with Gasteiger partial charge in [-0.2, -0.15) is 0 Å². The summed E-state index contributed by atoms with van der Waals surface area (Å²) in [5, 5.41) is 10.1. The zero-order valence-corrected chi connectivity index (χ0v) is 21.1. The van der Waals surface area contributed by atoms with Gasteiger partial charge in [-0.05, 0) is 90.3 Å². The predicted molar refractivity (Wildman–Crippen MR) is 143 cm³/mol. The molecule has 3 aromatic carbocycles. The molecule has 1 aliphatic heterocycles. The van der Waals surface area contributed by atoms with Crippen molar-refractivity contribution in [3.05, 3.63) is 101 Å². The Morgan fingerprint density at radius 3 is 2.26 bits per heavy atom. The van der Waals surface area contributed by atoms with Gasteiger partial charge in [0, 0.05) is 17.8 Å². The van der Waals surface area contributed by atoms with Crippen molar-refractivity contribution in [2.75, 3.05) is 12.0 Å². The zero-order valence-electron chi connectivity index (χ0n) is 21.1. The second kappa shape index (κ2) is 10.8. The zero-order chi connectivity index (χ0) is 24.9. The van der Waals surface area contributed by atoms with Crippen LogP contribution < -0.4 is 4.90 Å². The highest BCUT2D eigenvalue weighted by Gasteiger charge is 2.34. The molecule has 35 heavy (non-hydrogen) atoms. The fourth-order valence-electron chi connectivity index (χ4n) is 4.96. The Morgan fingerprint density at radius 1 is 0.971 bits per heavy atom. The number of phenols is 1. The minimum absolute atomic E-state index is 0.0368. The van der Waals surface area contributed by atoms with Crippen LogP contribution >= 0.6 is 0 Å². The van der Waals surface area contributed by atoms with Crippen molar-refractivity contribution in [1.29, 1.82) is 0 Å². The molecule has 2 aliphatic rings. The molecule has 1 fully saturated rings. The van der Waals surface area contributed by atoms with E-state index in [1.54, 1.807) is 12.1 Å². The molecule has 1 unspecified atom stereocenters. The average Bonchev–Trinajstić information content (AvgIpc) is 3.74. The lowest BCUT2D eigenvalue weighted by Gasteiger charge is -2.44. The Balaban J connectivity index is 0.00000141. The van der Waals surface area contributed by atoms with Gasteiger partial charge in [-0.1, -0.05) is 56.3 Å². The molecule has 5 rings (SSSR count). The number of hydrogen-bond donors (Lipinski definition) is 1. The molecule has 1 heterocycles. The Labute approximate surface area is 208 Å². The molecule has 4 heteroatoms. The van der Waals surface area contributed by atoms with Crippen molar-refractivity contribution in [3.63, 3.8) is 0 Å². The fourth-order valence-corrected chi connectivity index (χ4v) is 4.96. The number of phenolic OH excluding ortho intramolecular Hbond substituents is 1. The maximum atomic E-state index is 11.4. The standard InChI is InChI=1S/C29H29NO3.C2H6/c1-19-17-24-18-26(31)14-15-27(24)29(23-6-3-20(4-7-23)5-16-28(32)33-2)30(19)25-12-10-22(11-13-25)21-8-9-21;1-2/h3-7,10-16,18-19,21,29,31H,8-9,17H2,1-2H3;1-2H3/b16-5+;/t19-,29?;/m1./s1. The minimum Gasteiger partial charge on any atom is -0.508 e. The van der Waals surface area contributed by atoms with E-state index in [-0.39, 0.29) is 18.1 Å². The number of nitrogens with zero attached hydrogens (tertiary/aromatic N) is 1. The number of carbonyl (C=O) groups excluding carboxylic acids is 1. The van der Waals surface area contributed by atoms with Crippen LogP contribution in [0.1, 0.15) is 73.4 Å². The minimum atomic E-state index is -0.366. The SMILES string of the molecule is CC.COC(=O)/C=C/c1ccc(C2c3ccc(O)cc3C[C@@H](C)N2c2ccc(C3CC3)cc2)cc1. The van der Waals surface area contributed by atoms with Crippen LogP contribution in [0.5, 0.6) is 5.75 Å². The number of carbonyl (C=O) groups is 1. The van der Waals surface area contributed by atoms with Crippen molar-refractivity contribution in [2.45, 2.75) is 58.0 Å². The van der Waals surface area contributed by atoms with E-state index in [1.807, 2.05) is 32.0 Å². The number of anilines is 1. The van der Waals surface area contributed by atoms with Crippen LogP contribution in [0, 0.1) is 0 Å². The topological polar surface area (TPSA) is 49.8 Å². The number of fused-ring (bicyclic) bond motifs is 1. The van der Waals surface area contributed by atoms with E-state index >= 15 is 0 Å². The third-order valence-electron chi connectivity index (χ3n) is 6.79. The number of hydrogen-bond acceptors (Lipinski definition) is 4. The van der Waals surface area contributed by atoms with Gasteiger partial charge in [0.25, 0.3) is 0 Å². The summed E-state index contributed by atoms with van der Waals surface area (Å²) in [6, 6.07) is 23.4. The van der Waals surface area contributed by atoms with Crippen LogP contribution in [0.4, 0.5) is 5.69 Å². The van der Waals surface area contributed by atoms with Crippen LogP contribution in [0.15, 0.2) is 72.8 Å². The van der Waals surface area contributed by atoms with E-state index in [2.05, 4.69) is 59.0 Å². The lowest BCUT2D eigenvalue weighted by atomic mass is 9.84. The first kappa shape index (κ1) is 24.6. The van der Waals surface area contributed by atoms with Gasteiger partial charge in [0.15, 0.2) is 0 Å². The van der Waals surface area contributed by atoms with Crippen molar-refractivity contribution < 1.29 is 14.6 Å². The Morgan fingerprint density at radius 2 is 1.63 bits per heavy atom. The van der Waals surface area contributed by atoms with Crippen LogP contribution in [-0.2, 0) is 16.0 Å². The first-order valence-electron chi connectivity index (χ1n) is 12.6. The summed E-state index contributed by atoms with van der Waals surface area (Å²) >= 11 is 0. The highest BCUT2D eigenvalue weighted by molar-refractivity contribution is 5.86. The highest BCUT2D eigenvalue weighted by Crippen LogP contribution is 2.44. The van der Waals surface area contributed by atoms with Crippen LogP contribution in [-0.4, -0.2) is 24.2 Å². The molecular weight excluding hydrogens is 434 g/mol. The maximum absolute atomic E-state index is 11.4. The molecule has 1 N–H and O–H groups in total. The molecular formula is C31H35NO3. The van der Waals surface area contributed by atoms with E-state index < -0.39 is 0 Å². The monoisotopic (exact) mass is 469 g/mol. The molecule has 2 atom stereocenters. The first-order valence-corrected chi connectivity index (χ1v) is 12.6. The summed E-state index contributed by atoms with van der Waals surface area (Å²) in [6.07, 6.45) is 6.68. The maximum Gasteiger partial charge on any atom is 0.330 e. The van der Waals surface area contributed by atoms with Crippen molar-refractivity contribution in [2.24, 2.45) is 0 Å². The second-order valence-electron chi connectivity index (χ2n) is 9.14. The number of ether oxygens (including phenoxy) is 1. The van der Waals surface area contributed by atoms with Gasteiger partial charge < -0.3 is 14.7 Å². The van der Waals surface area contributed by atoms with E-state index in [1.165, 1.54) is 54.0 Å². The number of methoxy groups -OCH3 is 1. The molecule has 3 aromatic rings. The van der Waals surface area contributed by atoms with Gasteiger partial charge in [-0.3, -0.25) is 0 Å². The van der Waals surface area contributed by atoms with Gasteiger partial charge in [0.1, 0.15) is 5.75 Å². The van der Waals surface area contributed by atoms with Gasteiger partial charge in [0.2, 0.25) is 0 Å². The fraction of sp³-hybridized carbons (Fsp3) is 0.323. The van der Waals surface area contributed by atoms with Crippen LogP contribution in [0.3, 0.4) is 0 Å². The number of aromatic hydroxyl groups is 1. The molecule has 1 aliphatic carbocycles. The largest absolute Gasteiger partial charge is 0.508 e. The van der Waals surface area contributed by atoms with Crippen LogP contribution in [0.25, 0.3) is 6.08 Å². The average molecular weight is 470 g/mol. The van der Waals surface area contributed by atoms with Gasteiger partial charge >= 0.3 is 5.97 Å². The molecule has 0 saturated heterocycles. The Kier molecular flexibility index (Phi) is 7.60. The third-order valence-corrected chi connectivity index (χ3v) is 6.79. The van der Waals surface area contributed by atoms with E-state index in [9.17, 15) is 9.90 Å². The number of rotatable bonds is 5. The molecule has 0 radical (unpaired) electrons. The summed E-state index contributed by atoms with van der Waals surface area (Å²) in [5.74, 6) is 0.683. The normalized spacial score (nSPS) is 19.0. The lowest BCUT2D eigenvalue weighted by Crippen LogP contribution is -2.42. The molecule has 0 amide bonds. The number of benzene rings is 3. The molecule has 1 saturated carbocycles. The van der Waals surface area contributed by atoms with E-state index in [4.69, 9.17) is 0 Å². The smallest absolute Gasteiger partial charge is 0.330 e. The number of esters is 1. The first-order chi connectivity index (χ1) is 17.0. The van der Waals surface area contributed by atoms with Gasteiger partial charge in [0.05, 0.1) is 13.2 Å². The predicted octanol–water partition coefficient (Wildman–Crippen LogP) is 7.02. The van der Waals surface area contributed by atoms with Crippen molar-refractivity contribution >= 4 is 17.7 Å². The van der Waals surface area contributed by atoms with Crippen LogP contribution in [0.2, 0.25) is 0 Å². The Bertz CT molecular complexity index is 1180. The third kappa shape index (κ3) is 5.43. The molecule has 4 nitrogen and oxygen atoms in total. The summed E-state index contributed by atoms with van der Waals surface area (Å²) in [7, 11) is 1.38. The molecule has 0 bridgehead atoms. The van der Waals surface area contributed by atoms with E-state index in [0.717, 1.165) is 17.9 Å². The second-order valence-corrected chi connectivity index (χ2v) is 9.14. The van der Waals surface area contributed by atoms with Crippen molar-refractivity contribution in [3.8, 4) is 5.75 Å². The van der Waals surface area contributed by atoms with Crippen molar-refractivity contribution in [1.82, 2.24) is 0 Å². The summed E-state index contributed by atoms with van der Waals surface area (Å²) in [6.45, 7) is 6.25. The van der Waals surface area contributed by atoms with E-state index in [0.29, 0.717) is 5.75 Å². The Hall–Kier alpha value is -3.53. The summed E-state index contributed by atoms with van der Waals surface area (Å²) in [5.41, 5.74) is 7.18. The lowest BCUT2D eigenvalue weighted by molar-refractivity contribution is -0.134. The highest BCUT2D eigenvalue weighted by atomic mass is 16.5.